The number of benzene rings is 1. The van der Waals surface area contributed by atoms with E-state index in [1.807, 2.05) is 17.2 Å². The lowest BCUT2D eigenvalue weighted by Crippen LogP contribution is -2.38. The van der Waals surface area contributed by atoms with Gasteiger partial charge >= 0.3 is 5.97 Å². The first-order valence-corrected chi connectivity index (χ1v) is 11.0. The average molecular weight is 456 g/mol. The van der Waals surface area contributed by atoms with Crippen LogP contribution >= 0.6 is 11.8 Å². The van der Waals surface area contributed by atoms with Crippen LogP contribution < -0.4 is 5.32 Å². The van der Waals surface area contributed by atoms with E-state index in [1.54, 1.807) is 30.5 Å². The highest BCUT2D eigenvalue weighted by Crippen LogP contribution is 2.45. The Balaban J connectivity index is 1.66. The van der Waals surface area contributed by atoms with Crippen LogP contribution in [0.25, 0.3) is 0 Å². The maximum Gasteiger partial charge on any atom is 0.338 e. The van der Waals surface area contributed by atoms with Gasteiger partial charge in [-0.1, -0.05) is 30.8 Å². The number of esters is 1. The number of carbonyl (C=O) groups is 2. The molecule has 0 unspecified atom stereocenters. The Morgan fingerprint density at radius 3 is 2.84 bits per heavy atom. The van der Waals surface area contributed by atoms with Gasteiger partial charge < -0.3 is 19.4 Å². The van der Waals surface area contributed by atoms with Crippen molar-refractivity contribution in [1.82, 2.24) is 10.2 Å². The number of methoxy groups -OCH3 is 1. The molecule has 7 nitrogen and oxygen atoms in total. The van der Waals surface area contributed by atoms with E-state index in [2.05, 4.69) is 10.3 Å². The Hall–Kier alpha value is -3.33. The molecule has 0 fully saturated rings. The number of nitrogens with one attached hydrogen (secondary N) is 1. The average Bonchev–Trinajstić information content (AvgIpc) is 3.46. The number of ether oxygens (including phenoxy) is 1. The smallest absolute Gasteiger partial charge is 0.338 e. The van der Waals surface area contributed by atoms with Crippen molar-refractivity contribution in [3.63, 3.8) is 0 Å². The summed E-state index contributed by atoms with van der Waals surface area (Å²) in [5, 5.41) is 5.30. The van der Waals surface area contributed by atoms with Crippen LogP contribution in [0.3, 0.4) is 0 Å². The predicted molar refractivity (Wildman–Crippen MR) is 119 cm³/mol. The summed E-state index contributed by atoms with van der Waals surface area (Å²) in [6.07, 6.45) is 2.12. The summed E-state index contributed by atoms with van der Waals surface area (Å²) in [5.74, 6) is -0.508. The molecule has 32 heavy (non-hydrogen) atoms. The van der Waals surface area contributed by atoms with Crippen molar-refractivity contribution in [3.8, 4) is 0 Å². The van der Waals surface area contributed by atoms with Crippen molar-refractivity contribution in [2.75, 3.05) is 7.11 Å². The number of halogens is 1. The summed E-state index contributed by atoms with van der Waals surface area (Å²) in [4.78, 5) is 31.9. The number of furan rings is 1. The molecule has 1 aromatic heterocycles. The van der Waals surface area contributed by atoms with Gasteiger partial charge in [0.25, 0.3) is 0 Å². The van der Waals surface area contributed by atoms with E-state index in [4.69, 9.17) is 9.15 Å². The molecule has 2 aliphatic rings. The van der Waals surface area contributed by atoms with Gasteiger partial charge in [0.05, 0.1) is 43.7 Å². The largest absolute Gasteiger partial charge is 0.467 e. The monoisotopic (exact) mass is 455 g/mol. The van der Waals surface area contributed by atoms with Gasteiger partial charge in [-0.05, 0) is 41.7 Å². The van der Waals surface area contributed by atoms with E-state index in [-0.39, 0.29) is 18.9 Å². The topological polar surface area (TPSA) is 84.1 Å². The fourth-order valence-corrected chi connectivity index (χ4v) is 4.67. The fourth-order valence-electron chi connectivity index (χ4n) is 3.73. The number of carbonyl (C=O) groups excluding carboxylic acids is 2. The summed E-state index contributed by atoms with van der Waals surface area (Å²) in [6, 6.07) is 8.97. The van der Waals surface area contributed by atoms with Gasteiger partial charge in [-0.25, -0.2) is 14.2 Å². The Bertz CT molecular complexity index is 1120. The van der Waals surface area contributed by atoms with Crippen molar-refractivity contribution in [1.29, 1.82) is 0 Å². The second kappa shape index (κ2) is 9.44. The molecule has 0 bridgehead atoms. The second-order valence-corrected chi connectivity index (χ2v) is 8.02. The second-order valence-electron chi connectivity index (χ2n) is 7.19. The first-order valence-electron chi connectivity index (χ1n) is 10.1. The SMILES string of the molecule is CCC1=C(C(=O)OC)[C@H](c2cccc(F)c2)N2C(CC(=O)NCc3ccco3)=CSC2=N1. The molecule has 0 radical (unpaired) electrons. The van der Waals surface area contributed by atoms with Crippen molar-refractivity contribution >= 4 is 28.8 Å². The summed E-state index contributed by atoms with van der Waals surface area (Å²) in [5.41, 5.74) is 2.17. The number of hydrogen-bond donors (Lipinski definition) is 1. The van der Waals surface area contributed by atoms with Crippen molar-refractivity contribution in [3.05, 3.63) is 82.2 Å². The van der Waals surface area contributed by atoms with Crippen LogP contribution in [0.1, 0.15) is 37.1 Å². The zero-order valence-electron chi connectivity index (χ0n) is 17.6. The number of aliphatic imine (C=N–C) groups is 1. The highest BCUT2D eigenvalue weighted by molar-refractivity contribution is 8.16. The van der Waals surface area contributed by atoms with E-state index < -0.39 is 17.8 Å². The number of allylic oxidation sites excluding steroid dienone is 1. The molecule has 0 aliphatic carbocycles. The van der Waals surface area contributed by atoms with Gasteiger partial charge in [0.15, 0.2) is 5.17 Å². The lowest BCUT2D eigenvalue weighted by atomic mass is 9.93. The van der Waals surface area contributed by atoms with Crippen molar-refractivity contribution < 1.29 is 23.1 Å². The Labute approximate surface area is 189 Å². The molecule has 1 aromatic carbocycles. The highest BCUT2D eigenvalue weighted by atomic mass is 32.2. The van der Waals surface area contributed by atoms with Crippen LogP contribution in [-0.2, 0) is 20.9 Å². The van der Waals surface area contributed by atoms with E-state index >= 15 is 0 Å². The molecular formula is C23H22FN3O4S. The third kappa shape index (κ3) is 4.34. The van der Waals surface area contributed by atoms with Gasteiger partial charge in [-0.3, -0.25) is 4.79 Å². The molecule has 1 N–H and O–H groups in total. The van der Waals surface area contributed by atoms with Crippen LogP contribution in [0.15, 0.2) is 74.4 Å². The number of amides is 1. The first-order chi connectivity index (χ1) is 15.5. The minimum absolute atomic E-state index is 0.0639. The molecule has 9 heteroatoms. The molecule has 166 valence electrons. The maximum atomic E-state index is 14.1. The zero-order valence-corrected chi connectivity index (χ0v) is 18.4. The maximum absolute atomic E-state index is 14.1. The van der Waals surface area contributed by atoms with Gasteiger partial charge in [0, 0.05) is 5.70 Å². The lowest BCUT2D eigenvalue weighted by Gasteiger charge is -2.36. The molecular weight excluding hydrogens is 433 g/mol. The van der Waals surface area contributed by atoms with Gasteiger partial charge in [-0.15, -0.1) is 0 Å². The summed E-state index contributed by atoms with van der Waals surface area (Å²) >= 11 is 1.37. The molecule has 0 saturated heterocycles. The molecule has 4 rings (SSSR count). The molecule has 2 aromatic rings. The van der Waals surface area contributed by atoms with E-state index in [9.17, 15) is 14.0 Å². The van der Waals surface area contributed by atoms with Crippen LogP contribution in [0.2, 0.25) is 0 Å². The molecule has 0 saturated carbocycles. The normalized spacial score (nSPS) is 17.6. The molecule has 1 amide bonds. The quantitative estimate of drug-likeness (QED) is 0.628. The molecule has 1 atom stereocenters. The third-order valence-corrected chi connectivity index (χ3v) is 6.06. The Kier molecular flexibility index (Phi) is 6.45. The summed E-state index contributed by atoms with van der Waals surface area (Å²) in [7, 11) is 1.31. The first kappa shape index (κ1) is 21.9. The van der Waals surface area contributed by atoms with Gasteiger partial charge in [0.1, 0.15) is 11.6 Å². The number of amidine groups is 1. The zero-order chi connectivity index (χ0) is 22.7. The van der Waals surface area contributed by atoms with Crippen LogP contribution in [-0.4, -0.2) is 29.1 Å². The number of fused-ring (bicyclic) bond motifs is 1. The predicted octanol–water partition coefficient (Wildman–Crippen LogP) is 4.26. The highest BCUT2D eigenvalue weighted by Gasteiger charge is 2.41. The number of rotatable bonds is 7. The van der Waals surface area contributed by atoms with Crippen LogP contribution in [0.5, 0.6) is 0 Å². The fraction of sp³-hybridized carbons (Fsp3) is 0.261. The van der Waals surface area contributed by atoms with E-state index in [1.165, 1.54) is 31.0 Å². The van der Waals surface area contributed by atoms with Crippen LogP contribution in [0.4, 0.5) is 4.39 Å². The van der Waals surface area contributed by atoms with Crippen LogP contribution in [0, 0.1) is 5.82 Å². The van der Waals surface area contributed by atoms with E-state index in [0.29, 0.717) is 39.9 Å². The standard InChI is InChI=1S/C23H22FN3O4S/c1-3-18-20(22(29)30-2)21(14-6-4-7-15(24)10-14)27-16(13-32-23(27)26-18)11-19(28)25-12-17-8-5-9-31-17/h4-10,13,21H,3,11-12H2,1-2H3,(H,25,28)/t21-/m0/s1. The number of hydrogen-bond acceptors (Lipinski definition) is 7. The van der Waals surface area contributed by atoms with Crippen molar-refractivity contribution in [2.24, 2.45) is 4.99 Å². The minimum Gasteiger partial charge on any atom is -0.467 e. The van der Waals surface area contributed by atoms with E-state index in [0.717, 1.165) is 0 Å². The number of nitrogens with zero attached hydrogens (tertiary/aromatic N) is 2. The minimum atomic E-state index is -0.653. The third-order valence-electron chi connectivity index (χ3n) is 5.18. The number of thioether (sulfide) groups is 1. The summed E-state index contributed by atoms with van der Waals surface area (Å²) in [6.45, 7) is 2.17. The summed E-state index contributed by atoms with van der Waals surface area (Å²) < 4.78 is 24.4. The van der Waals surface area contributed by atoms with Gasteiger partial charge in [0.2, 0.25) is 5.91 Å². The molecule has 0 spiro atoms. The van der Waals surface area contributed by atoms with Crippen molar-refractivity contribution in [2.45, 2.75) is 32.4 Å². The Morgan fingerprint density at radius 1 is 1.31 bits per heavy atom. The molecule has 2 aliphatic heterocycles. The molecule has 3 heterocycles. The lowest BCUT2D eigenvalue weighted by molar-refractivity contribution is -0.136. The Morgan fingerprint density at radius 2 is 2.16 bits per heavy atom. The van der Waals surface area contributed by atoms with Gasteiger partial charge in [-0.2, -0.15) is 0 Å².